The third-order valence-electron chi connectivity index (χ3n) is 3.69. The van der Waals surface area contributed by atoms with E-state index in [4.69, 9.17) is 11.6 Å². The molecule has 0 heterocycles. The molecule has 1 N–H and O–H groups in total. The van der Waals surface area contributed by atoms with Gasteiger partial charge in [-0.25, -0.2) is 0 Å². The fourth-order valence-electron chi connectivity index (χ4n) is 2.67. The molecular formula is C15H22ClN. The van der Waals surface area contributed by atoms with Gasteiger partial charge >= 0.3 is 0 Å². The van der Waals surface area contributed by atoms with Crippen LogP contribution in [0.5, 0.6) is 0 Å². The van der Waals surface area contributed by atoms with Crippen molar-refractivity contribution in [2.24, 2.45) is 0 Å². The molecule has 0 radical (unpaired) electrons. The second-order valence-electron chi connectivity index (χ2n) is 5.13. The Morgan fingerprint density at radius 1 is 1.18 bits per heavy atom. The quantitative estimate of drug-likeness (QED) is 0.767. The first-order chi connectivity index (χ1) is 8.25. The SMILES string of the molecule is C[C@@H](NC1CCCCCC1)c1cccc(Cl)c1. The molecule has 1 nitrogen and oxygen atoms in total. The summed E-state index contributed by atoms with van der Waals surface area (Å²) in [7, 11) is 0. The summed E-state index contributed by atoms with van der Waals surface area (Å²) in [6.45, 7) is 2.23. The van der Waals surface area contributed by atoms with Crippen LogP contribution in [0, 0.1) is 0 Å². The van der Waals surface area contributed by atoms with Gasteiger partial charge in [-0.05, 0) is 37.5 Å². The zero-order valence-electron chi connectivity index (χ0n) is 10.6. The van der Waals surface area contributed by atoms with Gasteiger partial charge < -0.3 is 5.32 Å². The van der Waals surface area contributed by atoms with Crippen molar-refractivity contribution in [2.75, 3.05) is 0 Å². The first-order valence-corrected chi connectivity index (χ1v) is 7.15. The van der Waals surface area contributed by atoms with Crippen molar-refractivity contribution in [3.8, 4) is 0 Å². The second kappa shape index (κ2) is 6.42. The smallest absolute Gasteiger partial charge is 0.0409 e. The number of rotatable bonds is 3. The second-order valence-corrected chi connectivity index (χ2v) is 5.57. The Morgan fingerprint density at radius 3 is 2.53 bits per heavy atom. The monoisotopic (exact) mass is 251 g/mol. The van der Waals surface area contributed by atoms with Crippen LogP contribution in [0.3, 0.4) is 0 Å². The van der Waals surface area contributed by atoms with Crippen LogP contribution in [0.15, 0.2) is 24.3 Å². The summed E-state index contributed by atoms with van der Waals surface area (Å²) < 4.78 is 0. The maximum Gasteiger partial charge on any atom is 0.0409 e. The van der Waals surface area contributed by atoms with E-state index in [0.29, 0.717) is 12.1 Å². The average Bonchev–Trinajstić information content (AvgIpc) is 2.57. The number of hydrogen-bond donors (Lipinski definition) is 1. The van der Waals surface area contributed by atoms with Crippen molar-refractivity contribution < 1.29 is 0 Å². The van der Waals surface area contributed by atoms with E-state index < -0.39 is 0 Å². The lowest BCUT2D eigenvalue weighted by Gasteiger charge is -2.22. The maximum atomic E-state index is 6.03. The molecule has 94 valence electrons. The third-order valence-corrected chi connectivity index (χ3v) is 3.92. The highest BCUT2D eigenvalue weighted by atomic mass is 35.5. The molecule has 1 atom stereocenters. The molecule has 2 heteroatoms. The molecule has 1 aliphatic rings. The first kappa shape index (κ1) is 12.9. The van der Waals surface area contributed by atoms with E-state index in [1.807, 2.05) is 12.1 Å². The van der Waals surface area contributed by atoms with Gasteiger partial charge in [-0.1, -0.05) is 49.4 Å². The van der Waals surface area contributed by atoms with Crippen molar-refractivity contribution in [1.82, 2.24) is 5.32 Å². The van der Waals surface area contributed by atoms with E-state index in [9.17, 15) is 0 Å². The summed E-state index contributed by atoms with van der Waals surface area (Å²) in [5.74, 6) is 0. The van der Waals surface area contributed by atoms with Gasteiger partial charge in [0.05, 0.1) is 0 Å². The molecule has 1 aromatic rings. The van der Waals surface area contributed by atoms with Gasteiger partial charge in [0.2, 0.25) is 0 Å². The Labute approximate surface area is 110 Å². The summed E-state index contributed by atoms with van der Waals surface area (Å²) in [4.78, 5) is 0. The molecule has 1 fully saturated rings. The standard InChI is InChI=1S/C15H22ClN/c1-12(13-7-6-8-14(16)11-13)17-15-9-4-2-3-5-10-15/h6-8,11-12,15,17H,2-5,9-10H2,1H3/t12-/m1/s1. The summed E-state index contributed by atoms with van der Waals surface area (Å²) in [5.41, 5.74) is 1.29. The Kier molecular flexibility index (Phi) is 4.87. The minimum absolute atomic E-state index is 0.400. The van der Waals surface area contributed by atoms with Crippen LogP contribution in [0.1, 0.15) is 57.1 Å². The highest BCUT2D eigenvalue weighted by Crippen LogP contribution is 2.22. The van der Waals surface area contributed by atoms with Crippen LogP contribution < -0.4 is 5.32 Å². The van der Waals surface area contributed by atoms with E-state index in [0.717, 1.165) is 5.02 Å². The molecule has 1 saturated carbocycles. The molecule has 0 amide bonds. The van der Waals surface area contributed by atoms with Crippen molar-refractivity contribution >= 4 is 11.6 Å². The van der Waals surface area contributed by atoms with Crippen molar-refractivity contribution in [1.29, 1.82) is 0 Å². The fraction of sp³-hybridized carbons (Fsp3) is 0.600. The molecular weight excluding hydrogens is 230 g/mol. The van der Waals surface area contributed by atoms with Crippen LogP contribution in [0.25, 0.3) is 0 Å². The van der Waals surface area contributed by atoms with Crippen LogP contribution in [-0.2, 0) is 0 Å². The van der Waals surface area contributed by atoms with Crippen molar-refractivity contribution in [3.63, 3.8) is 0 Å². The van der Waals surface area contributed by atoms with Crippen molar-refractivity contribution in [3.05, 3.63) is 34.9 Å². The molecule has 1 aliphatic carbocycles. The molecule has 0 aliphatic heterocycles. The highest BCUT2D eigenvalue weighted by molar-refractivity contribution is 6.30. The van der Waals surface area contributed by atoms with Gasteiger partial charge in [0, 0.05) is 17.1 Å². The van der Waals surface area contributed by atoms with Crippen LogP contribution in [-0.4, -0.2) is 6.04 Å². The van der Waals surface area contributed by atoms with Crippen LogP contribution >= 0.6 is 11.6 Å². The predicted molar refractivity (Wildman–Crippen MR) is 74.5 cm³/mol. The number of halogens is 1. The normalized spacial score (nSPS) is 19.9. The Bertz CT molecular complexity index is 343. The Hall–Kier alpha value is -0.530. The minimum Gasteiger partial charge on any atom is -0.307 e. The lowest BCUT2D eigenvalue weighted by Crippen LogP contribution is -2.31. The topological polar surface area (TPSA) is 12.0 Å². The number of benzene rings is 1. The predicted octanol–water partition coefficient (Wildman–Crippen LogP) is 4.71. The minimum atomic E-state index is 0.400. The van der Waals surface area contributed by atoms with Gasteiger partial charge in [0.1, 0.15) is 0 Å². The fourth-order valence-corrected chi connectivity index (χ4v) is 2.87. The molecule has 1 aromatic carbocycles. The van der Waals surface area contributed by atoms with Gasteiger partial charge in [0.15, 0.2) is 0 Å². The lowest BCUT2D eigenvalue weighted by molar-refractivity contribution is 0.414. The van der Waals surface area contributed by atoms with Gasteiger partial charge in [0.25, 0.3) is 0 Å². The van der Waals surface area contributed by atoms with Gasteiger partial charge in [-0.2, -0.15) is 0 Å². The van der Waals surface area contributed by atoms with Crippen LogP contribution in [0.4, 0.5) is 0 Å². The van der Waals surface area contributed by atoms with E-state index in [1.165, 1.54) is 44.1 Å². The Balaban J connectivity index is 1.93. The number of nitrogens with one attached hydrogen (secondary N) is 1. The largest absolute Gasteiger partial charge is 0.307 e. The molecule has 0 saturated heterocycles. The van der Waals surface area contributed by atoms with Gasteiger partial charge in [-0.15, -0.1) is 0 Å². The molecule has 0 unspecified atom stereocenters. The maximum absolute atomic E-state index is 6.03. The molecule has 0 aromatic heterocycles. The number of hydrogen-bond acceptors (Lipinski definition) is 1. The molecule has 0 spiro atoms. The average molecular weight is 252 g/mol. The zero-order valence-corrected chi connectivity index (χ0v) is 11.3. The molecule has 2 rings (SSSR count). The zero-order chi connectivity index (χ0) is 12.1. The molecule has 0 bridgehead atoms. The lowest BCUT2D eigenvalue weighted by atomic mass is 10.0. The summed E-state index contributed by atoms with van der Waals surface area (Å²) in [6, 6.07) is 9.27. The molecule has 17 heavy (non-hydrogen) atoms. The van der Waals surface area contributed by atoms with E-state index in [1.54, 1.807) is 0 Å². The summed E-state index contributed by atoms with van der Waals surface area (Å²) >= 11 is 6.03. The van der Waals surface area contributed by atoms with E-state index in [-0.39, 0.29) is 0 Å². The summed E-state index contributed by atoms with van der Waals surface area (Å²) in [6.07, 6.45) is 8.21. The first-order valence-electron chi connectivity index (χ1n) is 6.77. The van der Waals surface area contributed by atoms with Crippen LogP contribution in [0.2, 0.25) is 5.02 Å². The van der Waals surface area contributed by atoms with Gasteiger partial charge in [-0.3, -0.25) is 0 Å². The van der Waals surface area contributed by atoms with E-state index in [2.05, 4.69) is 24.4 Å². The summed E-state index contributed by atoms with van der Waals surface area (Å²) in [5, 5.41) is 4.57. The highest BCUT2D eigenvalue weighted by Gasteiger charge is 2.15. The Morgan fingerprint density at radius 2 is 1.88 bits per heavy atom. The third kappa shape index (κ3) is 4.01. The van der Waals surface area contributed by atoms with Crippen molar-refractivity contribution in [2.45, 2.75) is 57.5 Å². The van der Waals surface area contributed by atoms with E-state index >= 15 is 0 Å².